The molecule has 1 atom stereocenters. The Hall–Kier alpha value is -2.37. The first-order valence-corrected chi connectivity index (χ1v) is 7.89. The quantitative estimate of drug-likeness (QED) is 0.946. The fourth-order valence-corrected chi connectivity index (χ4v) is 3.04. The van der Waals surface area contributed by atoms with Gasteiger partial charge in [0.25, 0.3) is 0 Å². The normalized spacial score (nSPS) is 18.0. The summed E-state index contributed by atoms with van der Waals surface area (Å²) in [5.41, 5.74) is 0.487. The number of hydrogen-bond acceptors (Lipinski definition) is 2. The molecule has 1 aromatic carbocycles. The van der Waals surface area contributed by atoms with Crippen LogP contribution in [0, 0.1) is 11.7 Å². The first kappa shape index (κ1) is 15.5. The third kappa shape index (κ3) is 3.88. The van der Waals surface area contributed by atoms with Gasteiger partial charge in [0, 0.05) is 44.6 Å². The van der Waals surface area contributed by atoms with Crippen LogP contribution in [0.4, 0.5) is 14.9 Å². The number of anilines is 1. The van der Waals surface area contributed by atoms with Gasteiger partial charge >= 0.3 is 6.03 Å². The molecule has 2 amide bonds. The van der Waals surface area contributed by atoms with Gasteiger partial charge in [-0.2, -0.15) is 0 Å². The van der Waals surface area contributed by atoms with Gasteiger partial charge in [-0.25, -0.2) is 14.2 Å². The average molecular weight is 316 g/mol. The van der Waals surface area contributed by atoms with Crippen molar-refractivity contribution >= 4 is 11.7 Å². The topological polar surface area (TPSA) is 50.2 Å². The van der Waals surface area contributed by atoms with Gasteiger partial charge in [-0.15, -0.1) is 0 Å². The van der Waals surface area contributed by atoms with Gasteiger partial charge < -0.3 is 14.8 Å². The Morgan fingerprint density at radius 2 is 2.35 bits per heavy atom. The van der Waals surface area contributed by atoms with E-state index >= 15 is 0 Å². The van der Waals surface area contributed by atoms with Crippen LogP contribution in [0.3, 0.4) is 0 Å². The minimum atomic E-state index is -0.353. The van der Waals surface area contributed by atoms with Crippen LogP contribution in [0.2, 0.25) is 0 Å². The van der Waals surface area contributed by atoms with Crippen molar-refractivity contribution < 1.29 is 9.18 Å². The zero-order valence-electron chi connectivity index (χ0n) is 13.2. The molecule has 1 saturated heterocycles. The van der Waals surface area contributed by atoms with Crippen molar-refractivity contribution in [2.24, 2.45) is 13.0 Å². The maximum atomic E-state index is 13.2. The summed E-state index contributed by atoms with van der Waals surface area (Å²) in [5, 5.41) is 2.77. The molecule has 0 bridgehead atoms. The SMILES string of the molecule is Cn1ccnc1C[C@@H]1CCCN(C(=O)Nc2cccc(F)c2)C1. The maximum Gasteiger partial charge on any atom is 0.321 e. The number of piperidine rings is 1. The number of hydrogen-bond donors (Lipinski definition) is 1. The highest BCUT2D eigenvalue weighted by atomic mass is 19.1. The van der Waals surface area contributed by atoms with Crippen molar-refractivity contribution in [1.29, 1.82) is 0 Å². The zero-order valence-corrected chi connectivity index (χ0v) is 13.2. The van der Waals surface area contributed by atoms with Gasteiger partial charge in [-0.1, -0.05) is 6.07 Å². The van der Waals surface area contributed by atoms with Crippen LogP contribution in [0.5, 0.6) is 0 Å². The minimum Gasteiger partial charge on any atom is -0.338 e. The summed E-state index contributed by atoms with van der Waals surface area (Å²) < 4.78 is 15.2. The second-order valence-corrected chi connectivity index (χ2v) is 6.05. The number of nitrogens with zero attached hydrogens (tertiary/aromatic N) is 3. The van der Waals surface area contributed by atoms with E-state index in [1.807, 2.05) is 22.7 Å². The lowest BCUT2D eigenvalue weighted by molar-refractivity contribution is 0.176. The van der Waals surface area contributed by atoms with Crippen molar-refractivity contribution in [2.75, 3.05) is 18.4 Å². The molecule has 3 rings (SSSR count). The number of likely N-dealkylation sites (tertiary alicyclic amines) is 1. The van der Waals surface area contributed by atoms with E-state index < -0.39 is 0 Å². The lowest BCUT2D eigenvalue weighted by Crippen LogP contribution is -2.43. The molecule has 1 aliphatic rings. The van der Waals surface area contributed by atoms with Gasteiger partial charge in [0.05, 0.1) is 0 Å². The summed E-state index contributed by atoms with van der Waals surface area (Å²) in [5.74, 6) is 1.10. The number of halogens is 1. The molecule has 23 heavy (non-hydrogen) atoms. The minimum absolute atomic E-state index is 0.167. The van der Waals surface area contributed by atoms with Crippen LogP contribution in [-0.2, 0) is 13.5 Å². The summed E-state index contributed by atoms with van der Waals surface area (Å²) >= 11 is 0. The molecule has 1 aromatic heterocycles. The Bertz CT molecular complexity index is 685. The Morgan fingerprint density at radius 1 is 1.48 bits per heavy atom. The standard InChI is InChI=1S/C17H21FN4O/c1-21-9-7-19-16(21)10-13-4-3-8-22(12-13)17(23)20-15-6-2-5-14(18)11-15/h2,5-7,9,11,13H,3-4,8,10,12H2,1H3,(H,20,23)/t13-/m0/s1. The first-order valence-electron chi connectivity index (χ1n) is 7.89. The fraction of sp³-hybridized carbons (Fsp3) is 0.412. The van der Waals surface area contributed by atoms with Crippen LogP contribution in [-0.4, -0.2) is 33.6 Å². The lowest BCUT2D eigenvalue weighted by Gasteiger charge is -2.32. The molecule has 1 N–H and O–H groups in total. The molecule has 1 fully saturated rings. The Kier molecular flexibility index (Phi) is 4.60. The molecule has 2 aromatic rings. The van der Waals surface area contributed by atoms with Crippen molar-refractivity contribution in [3.63, 3.8) is 0 Å². The molecular weight excluding hydrogens is 295 g/mol. The number of benzene rings is 1. The summed E-state index contributed by atoms with van der Waals surface area (Å²) in [4.78, 5) is 18.5. The Balaban J connectivity index is 1.59. The van der Waals surface area contributed by atoms with Gasteiger partial charge in [0.1, 0.15) is 11.6 Å². The van der Waals surface area contributed by atoms with Crippen LogP contribution < -0.4 is 5.32 Å². The zero-order chi connectivity index (χ0) is 16.2. The van der Waals surface area contributed by atoms with Crippen LogP contribution in [0.25, 0.3) is 0 Å². The Labute approximate surface area is 135 Å². The first-order chi connectivity index (χ1) is 11.1. The van der Waals surface area contributed by atoms with E-state index in [0.29, 0.717) is 18.2 Å². The molecular formula is C17H21FN4O. The largest absolute Gasteiger partial charge is 0.338 e. The van der Waals surface area contributed by atoms with Crippen molar-refractivity contribution in [3.05, 3.63) is 48.3 Å². The average Bonchev–Trinajstić information content (AvgIpc) is 2.93. The highest BCUT2D eigenvalue weighted by Crippen LogP contribution is 2.21. The second-order valence-electron chi connectivity index (χ2n) is 6.05. The number of carbonyl (C=O) groups excluding carboxylic acids is 1. The third-order valence-corrected chi connectivity index (χ3v) is 4.27. The number of amides is 2. The molecule has 0 unspecified atom stereocenters. The summed E-state index contributed by atoms with van der Waals surface area (Å²) in [6.07, 6.45) is 6.68. The van der Waals surface area contributed by atoms with Crippen LogP contribution in [0.1, 0.15) is 18.7 Å². The van der Waals surface area contributed by atoms with E-state index in [4.69, 9.17) is 0 Å². The number of urea groups is 1. The molecule has 0 spiro atoms. The van der Waals surface area contributed by atoms with E-state index in [1.165, 1.54) is 12.1 Å². The molecule has 1 aliphatic heterocycles. The number of rotatable bonds is 3. The molecule has 2 heterocycles. The summed E-state index contributed by atoms with van der Waals surface area (Å²) in [6.45, 7) is 1.44. The second kappa shape index (κ2) is 6.81. The van der Waals surface area contributed by atoms with Crippen molar-refractivity contribution in [1.82, 2.24) is 14.5 Å². The monoisotopic (exact) mass is 316 g/mol. The highest BCUT2D eigenvalue weighted by Gasteiger charge is 2.24. The van der Waals surface area contributed by atoms with Crippen molar-refractivity contribution in [3.8, 4) is 0 Å². The van der Waals surface area contributed by atoms with Gasteiger partial charge in [0.15, 0.2) is 0 Å². The number of nitrogens with one attached hydrogen (secondary N) is 1. The molecule has 0 aliphatic carbocycles. The fourth-order valence-electron chi connectivity index (χ4n) is 3.04. The van der Waals surface area contributed by atoms with E-state index in [9.17, 15) is 9.18 Å². The van der Waals surface area contributed by atoms with Crippen LogP contribution >= 0.6 is 0 Å². The number of imidazole rings is 1. The number of aryl methyl sites for hydroxylation is 1. The molecule has 122 valence electrons. The Morgan fingerprint density at radius 3 is 3.09 bits per heavy atom. The molecule has 6 heteroatoms. The van der Waals surface area contributed by atoms with Crippen molar-refractivity contribution in [2.45, 2.75) is 19.3 Å². The predicted octanol–water partition coefficient (Wildman–Crippen LogP) is 3.05. The van der Waals surface area contributed by atoms with E-state index in [2.05, 4.69) is 10.3 Å². The third-order valence-electron chi connectivity index (χ3n) is 4.27. The smallest absolute Gasteiger partial charge is 0.321 e. The summed E-state index contributed by atoms with van der Waals surface area (Å²) in [6, 6.07) is 5.80. The van der Waals surface area contributed by atoms with Gasteiger partial charge in [-0.05, 0) is 37.0 Å². The number of carbonyl (C=O) groups is 1. The molecule has 0 saturated carbocycles. The van der Waals surface area contributed by atoms with E-state index in [1.54, 1.807) is 18.3 Å². The highest BCUT2D eigenvalue weighted by molar-refractivity contribution is 5.89. The predicted molar refractivity (Wildman–Crippen MR) is 86.6 cm³/mol. The lowest BCUT2D eigenvalue weighted by atomic mass is 9.94. The maximum absolute atomic E-state index is 13.2. The number of aromatic nitrogens is 2. The molecule has 5 nitrogen and oxygen atoms in total. The summed E-state index contributed by atoms with van der Waals surface area (Å²) in [7, 11) is 1.99. The van der Waals surface area contributed by atoms with E-state index in [0.717, 1.165) is 31.6 Å². The van der Waals surface area contributed by atoms with E-state index in [-0.39, 0.29) is 11.8 Å². The van der Waals surface area contributed by atoms with Gasteiger partial charge in [-0.3, -0.25) is 0 Å². The molecule has 0 radical (unpaired) electrons. The van der Waals surface area contributed by atoms with Gasteiger partial charge in [0.2, 0.25) is 0 Å². The van der Waals surface area contributed by atoms with Crippen LogP contribution in [0.15, 0.2) is 36.7 Å².